The Balaban J connectivity index is 3.37. The maximum absolute atomic E-state index is 2.47. The van der Waals surface area contributed by atoms with Crippen molar-refractivity contribution in [2.45, 2.75) is 20.3 Å². The van der Waals surface area contributed by atoms with E-state index in [-0.39, 0.29) is 0 Å². The Bertz CT molecular complexity index is 57.4. The third-order valence-electron chi connectivity index (χ3n) is 1.88. The third-order valence-corrected chi connectivity index (χ3v) is 5.65. The molecule has 0 aliphatic rings. The van der Waals surface area contributed by atoms with Crippen molar-refractivity contribution in [3.05, 3.63) is 0 Å². The molecule has 1 heteroatoms. The number of hydrogen-bond donors (Lipinski definition) is 0. The Morgan fingerprint density at radius 3 is 1.75 bits per heavy atom. The molecule has 52 valence electrons. The van der Waals surface area contributed by atoms with Crippen LogP contribution in [0.15, 0.2) is 0 Å². The zero-order valence-corrected chi connectivity index (χ0v) is 7.62. The second kappa shape index (κ2) is 3.45. The molecule has 0 rings (SSSR count). The molecule has 0 saturated heterocycles. The Hall–Kier alpha value is 0.430. The van der Waals surface area contributed by atoms with E-state index >= 15 is 0 Å². The molecule has 0 fully saturated rings. The van der Waals surface area contributed by atoms with Gasteiger partial charge < -0.3 is 0 Å². The van der Waals surface area contributed by atoms with Gasteiger partial charge in [0.15, 0.2) is 0 Å². The van der Waals surface area contributed by atoms with Crippen LogP contribution in [0.3, 0.4) is 0 Å². The van der Waals surface area contributed by atoms with Gasteiger partial charge in [-0.3, -0.25) is 0 Å². The third kappa shape index (κ3) is 3.43. The molecule has 0 aliphatic heterocycles. The summed E-state index contributed by atoms with van der Waals surface area (Å²) in [6.45, 7) is 9.54. The topological polar surface area (TPSA) is 0 Å². The van der Waals surface area contributed by atoms with Gasteiger partial charge in [0.05, 0.1) is 0 Å². The zero-order chi connectivity index (χ0) is 6.62. The molecule has 0 unspecified atom stereocenters. The van der Waals surface area contributed by atoms with Crippen LogP contribution in [0.25, 0.3) is 0 Å². The van der Waals surface area contributed by atoms with Crippen LogP contribution in [-0.2, 0) is 0 Å². The van der Waals surface area contributed by atoms with E-state index in [1.165, 1.54) is 18.7 Å². The average Bonchev–Trinajstić information content (AvgIpc) is 1.67. The summed E-state index contributed by atoms with van der Waals surface area (Å²) < 4.78 is 0. The molecule has 0 amide bonds. The second-order valence-corrected chi connectivity index (χ2v) is 8.80. The zero-order valence-electron chi connectivity index (χ0n) is 6.62. The van der Waals surface area contributed by atoms with Crippen LogP contribution in [0, 0.1) is 0 Å². The first-order chi connectivity index (χ1) is 3.62. The van der Waals surface area contributed by atoms with E-state index in [4.69, 9.17) is 0 Å². The van der Waals surface area contributed by atoms with Crippen molar-refractivity contribution in [3.8, 4) is 0 Å². The predicted octanol–water partition coefficient (Wildman–Crippen LogP) is 2.43. The minimum absolute atomic E-state index is 0.677. The fraction of sp³-hybridized carbons (Fsp3) is 1.00. The van der Waals surface area contributed by atoms with Gasteiger partial charge >= 0.3 is 53.2 Å². The van der Waals surface area contributed by atoms with Gasteiger partial charge in [-0.2, -0.15) is 0 Å². The van der Waals surface area contributed by atoms with Gasteiger partial charge in [-0.15, -0.1) is 0 Å². The molecule has 0 spiro atoms. The summed E-state index contributed by atoms with van der Waals surface area (Å²) in [7, 11) is -0.677. The molecular formula is C7H19P. The van der Waals surface area contributed by atoms with E-state index in [0.29, 0.717) is 0 Å². The van der Waals surface area contributed by atoms with E-state index in [9.17, 15) is 0 Å². The van der Waals surface area contributed by atoms with Crippen LogP contribution >= 0.6 is 7.26 Å². The summed E-state index contributed by atoms with van der Waals surface area (Å²) in [6.07, 6.45) is 4.33. The van der Waals surface area contributed by atoms with Crippen molar-refractivity contribution in [1.82, 2.24) is 0 Å². The Kier molecular flexibility index (Phi) is 3.64. The predicted molar refractivity (Wildman–Crippen MR) is 45.9 cm³/mol. The fourth-order valence-electron chi connectivity index (χ4n) is 0.854. The van der Waals surface area contributed by atoms with Gasteiger partial charge in [0.25, 0.3) is 0 Å². The molecule has 8 heavy (non-hydrogen) atoms. The van der Waals surface area contributed by atoms with Crippen LogP contribution < -0.4 is 0 Å². The maximum atomic E-state index is 2.47. The standard InChI is InChI=1S/C7H19P/c1-5-7-8(3,4)6-2/h8H,5-7H2,1-4H3. The first kappa shape index (κ1) is 8.43. The van der Waals surface area contributed by atoms with Crippen LogP contribution in [0.1, 0.15) is 20.3 Å². The summed E-state index contributed by atoms with van der Waals surface area (Å²) in [4.78, 5) is 0. The Morgan fingerprint density at radius 2 is 1.62 bits per heavy atom. The molecule has 0 aromatic carbocycles. The van der Waals surface area contributed by atoms with Crippen LogP contribution in [0.5, 0.6) is 0 Å². The van der Waals surface area contributed by atoms with E-state index in [1.807, 2.05) is 0 Å². The molecule has 0 atom stereocenters. The normalized spacial score (nSPS) is 14.0. The Labute approximate surface area is 54.0 Å². The van der Waals surface area contributed by atoms with E-state index in [0.717, 1.165) is 0 Å². The van der Waals surface area contributed by atoms with Crippen LogP contribution in [0.4, 0.5) is 0 Å². The van der Waals surface area contributed by atoms with Gasteiger partial charge in [0, 0.05) is 0 Å². The van der Waals surface area contributed by atoms with Crippen molar-refractivity contribution >= 4 is 7.26 Å². The summed E-state index contributed by atoms with van der Waals surface area (Å²) in [5.74, 6) is 0. The van der Waals surface area contributed by atoms with Crippen LogP contribution in [-0.4, -0.2) is 25.7 Å². The molecule has 0 radical (unpaired) electrons. The molecule has 0 aliphatic carbocycles. The van der Waals surface area contributed by atoms with Crippen molar-refractivity contribution in [2.24, 2.45) is 0 Å². The van der Waals surface area contributed by atoms with Crippen LogP contribution in [0.2, 0.25) is 0 Å². The van der Waals surface area contributed by atoms with Crippen molar-refractivity contribution in [1.29, 1.82) is 0 Å². The summed E-state index contributed by atoms with van der Waals surface area (Å²) in [6, 6.07) is 0. The van der Waals surface area contributed by atoms with Crippen molar-refractivity contribution < 1.29 is 0 Å². The SMILES string of the molecule is CCC[PH](C)(C)CC. The van der Waals surface area contributed by atoms with E-state index in [2.05, 4.69) is 27.2 Å². The monoisotopic (exact) mass is 134 g/mol. The summed E-state index contributed by atoms with van der Waals surface area (Å²) >= 11 is 0. The second-order valence-electron chi connectivity index (χ2n) is 3.27. The summed E-state index contributed by atoms with van der Waals surface area (Å²) in [5, 5.41) is 0. The number of rotatable bonds is 3. The number of hydrogen-bond acceptors (Lipinski definition) is 0. The van der Waals surface area contributed by atoms with E-state index in [1.54, 1.807) is 0 Å². The average molecular weight is 134 g/mol. The first-order valence-corrected chi connectivity index (χ1v) is 7.04. The molecule has 0 bridgehead atoms. The molecule has 0 nitrogen and oxygen atoms in total. The fourth-order valence-corrected chi connectivity index (χ4v) is 2.56. The molecule has 0 heterocycles. The van der Waals surface area contributed by atoms with Gasteiger partial charge in [0.2, 0.25) is 0 Å². The first-order valence-electron chi connectivity index (χ1n) is 3.62. The molecule has 0 N–H and O–H groups in total. The molecular weight excluding hydrogens is 115 g/mol. The van der Waals surface area contributed by atoms with Gasteiger partial charge in [-0.05, 0) is 0 Å². The Morgan fingerprint density at radius 1 is 1.12 bits per heavy atom. The van der Waals surface area contributed by atoms with Gasteiger partial charge in [-0.1, -0.05) is 0 Å². The van der Waals surface area contributed by atoms with Crippen molar-refractivity contribution in [2.75, 3.05) is 25.7 Å². The molecule has 0 saturated carbocycles. The van der Waals surface area contributed by atoms with Gasteiger partial charge in [0.1, 0.15) is 0 Å². The van der Waals surface area contributed by atoms with Crippen molar-refractivity contribution in [3.63, 3.8) is 0 Å². The van der Waals surface area contributed by atoms with Gasteiger partial charge in [-0.25, -0.2) is 0 Å². The molecule has 0 aromatic heterocycles. The molecule has 0 aromatic rings. The quantitative estimate of drug-likeness (QED) is 0.520. The summed E-state index contributed by atoms with van der Waals surface area (Å²) in [5.41, 5.74) is 0. The van der Waals surface area contributed by atoms with E-state index < -0.39 is 7.26 Å². The minimum atomic E-state index is -0.677.